The number of carbonyl (C=O) groups excluding carboxylic acids is 1. The Bertz CT molecular complexity index is 695. The van der Waals surface area contributed by atoms with Crippen molar-refractivity contribution in [3.05, 3.63) is 47.5 Å². The van der Waals surface area contributed by atoms with Crippen molar-refractivity contribution in [2.45, 2.75) is 26.2 Å². The van der Waals surface area contributed by atoms with Crippen LogP contribution in [-0.4, -0.2) is 33.3 Å². The van der Waals surface area contributed by atoms with Crippen molar-refractivity contribution < 1.29 is 19.1 Å². The highest BCUT2D eigenvalue weighted by molar-refractivity contribution is 5.95. The number of carboxylic acids is 1. The second-order valence-electron chi connectivity index (χ2n) is 5.14. The molecule has 0 spiro atoms. The molecule has 0 fully saturated rings. The van der Waals surface area contributed by atoms with Crippen LogP contribution in [0.1, 0.15) is 35.3 Å². The number of benzene rings is 1. The van der Waals surface area contributed by atoms with Gasteiger partial charge in [0.1, 0.15) is 5.82 Å². The zero-order chi connectivity index (χ0) is 16.8. The fraction of sp³-hybridized carbons (Fsp3) is 0.312. The van der Waals surface area contributed by atoms with E-state index in [4.69, 9.17) is 5.11 Å². The van der Waals surface area contributed by atoms with Crippen LogP contribution < -0.4 is 5.32 Å². The minimum atomic E-state index is -0.840. The zero-order valence-corrected chi connectivity index (χ0v) is 12.8. The number of amides is 1. The smallest absolute Gasteiger partial charge is 0.303 e. The van der Waals surface area contributed by atoms with Gasteiger partial charge in [-0.15, -0.1) is 0 Å². The second kappa shape index (κ2) is 7.53. The van der Waals surface area contributed by atoms with Crippen molar-refractivity contribution in [2.75, 3.05) is 6.54 Å². The first-order chi connectivity index (χ1) is 11.0. The molecule has 2 aromatic rings. The average molecular weight is 319 g/mol. The van der Waals surface area contributed by atoms with Crippen molar-refractivity contribution in [2.24, 2.45) is 0 Å². The van der Waals surface area contributed by atoms with E-state index >= 15 is 0 Å². The number of rotatable bonds is 7. The first-order valence-corrected chi connectivity index (χ1v) is 7.29. The number of nitrogens with one attached hydrogen (secondary N) is 1. The molecule has 0 unspecified atom stereocenters. The highest BCUT2D eigenvalue weighted by atomic mass is 19.1. The van der Waals surface area contributed by atoms with E-state index in [0.717, 1.165) is 0 Å². The molecule has 0 aliphatic carbocycles. The number of carbonyl (C=O) groups is 2. The molecular formula is C16H18FN3O3. The third-order valence-electron chi connectivity index (χ3n) is 3.43. The first kappa shape index (κ1) is 16.7. The maximum atomic E-state index is 13.0. The van der Waals surface area contributed by atoms with Crippen molar-refractivity contribution in [3.63, 3.8) is 0 Å². The average Bonchev–Trinajstić information content (AvgIpc) is 2.89. The van der Waals surface area contributed by atoms with Gasteiger partial charge in [0.05, 0.1) is 23.1 Å². The quantitative estimate of drug-likeness (QED) is 0.767. The van der Waals surface area contributed by atoms with Gasteiger partial charge in [-0.1, -0.05) is 0 Å². The Labute approximate surface area is 132 Å². The van der Waals surface area contributed by atoms with E-state index in [0.29, 0.717) is 36.3 Å². The number of nitrogens with zero attached hydrogens (tertiary/aromatic N) is 2. The predicted molar refractivity (Wildman–Crippen MR) is 82.1 cm³/mol. The summed E-state index contributed by atoms with van der Waals surface area (Å²) in [6.07, 6.45) is 2.68. The summed E-state index contributed by atoms with van der Waals surface area (Å²) in [4.78, 5) is 22.5. The van der Waals surface area contributed by atoms with E-state index in [2.05, 4.69) is 10.4 Å². The molecule has 1 amide bonds. The van der Waals surface area contributed by atoms with Gasteiger partial charge in [0.2, 0.25) is 0 Å². The summed E-state index contributed by atoms with van der Waals surface area (Å²) < 4.78 is 14.5. The number of hydrogen-bond donors (Lipinski definition) is 2. The third kappa shape index (κ3) is 4.38. The number of aromatic nitrogens is 2. The topological polar surface area (TPSA) is 84.2 Å². The van der Waals surface area contributed by atoms with Gasteiger partial charge < -0.3 is 10.4 Å². The minimum absolute atomic E-state index is 0.0946. The maximum absolute atomic E-state index is 13.0. The van der Waals surface area contributed by atoms with Crippen LogP contribution in [0.15, 0.2) is 30.5 Å². The van der Waals surface area contributed by atoms with Crippen LogP contribution in [0.5, 0.6) is 0 Å². The fourth-order valence-corrected chi connectivity index (χ4v) is 2.17. The lowest BCUT2D eigenvalue weighted by atomic mass is 10.2. The lowest BCUT2D eigenvalue weighted by Crippen LogP contribution is -2.25. The Balaban J connectivity index is 1.97. The molecule has 2 N–H and O–H groups in total. The van der Waals surface area contributed by atoms with Crippen LogP contribution >= 0.6 is 0 Å². The highest BCUT2D eigenvalue weighted by Crippen LogP contribution is 2.14. The summed E-state index contributed by atoms with van der Waals surface area (Å²) >= 11 is 0. The highest BCUT2D eigenvalue weighted by Gasteiger charge is 2.14. The molecule has 1 aromatic heterocycles. The van der Waals surface area contributed by atoms with E-state index in [1.807, 2.05) is 0 Å². The number of unbranched alkanes of at least 4 members (excludes halogenated alkanes) is 1. The monoisotopic (exact) mass is 319 g/mol. The van der Waals surface area contributed by atoms with Crippen LogP contribution in [0.2, 0.25) is 0 Å². The summed E-state index contributed by atoms with van der Waals surface area (Å²) in [7, 11) is 0. The van der Waals surface area contributed by atoms with Crippen LogP contribution in [0, 0.1) is 12.7 Å². The normalized spacial score (nSPS) is 10.5. The van der Waals surface area contributed by atoms with Crippen LogP contribution in [-0.2, 0) is 4.79 Å². The lowest BCUT2D eigenvalue weighted by molar-refractivity contribution is -0.137. The van der Waals surface area contributed by atoms with E-state index in [9.17, 15) is 14.0 Å². The number of halogens is 1. The van der Waals surface area contributed by atoms with E-state index in [-0.39, 0.29) is 18.1 Å². The van der Waals surface area contributed by atoms with Gasteiger partial charge in [0.25, 0.3) is 5.91 Å². The molecule has 0 radical (unpaired) electrons. The standard InChI is InChI=1S/C16H18FN3O3/c1-11-14(16(23)18-9-3-2-4-15(21)22)10-19-20(11)13-7-5-12(17)6-8-13/h5-8,10H,2-4,9H2,1H3,(H,18,23)(H,21,22). The summed E-state index contributed by atoms with van der Waals surface area (Å²) in [5, 5.41) is 15.4. The van der Waals surface area contributed by atoms with Crippen LogP contribution in [0.4, 0.5) is 4.39 Å². The largest absolute Gasteiger partial charge is 0.481 e. The molecule has 0 aliphatic rings. The van der Waals surface area contributed by atoms with E-state index < -0.39 is 5.97 Å². The van der Waals surface area contributed by atoms with Crippen LogP contribution in [0.3, 0.4) is 0 Å². The molecule has 1 heterocycles. The number of carboxylic acid groups (broad SMARTS) is 1. The van der Waals surface area contributed by atoms with Crippen LogP contribution in [0.25, 0.3) is 5.69 Å². The molecule has 0 saturated heterocycles. The summed E-state index contributed by atoms with van der Waals surface area (Å²) in [5.74, 6) is -1.43. The van der Waals surface area contributed by atoms with Gasteiger partial charge in [-0.05, 0) is 44.0 Å². The Kier molecular flexibility index (Phi) is 5.46. The summed E-state index contributed by atoms with van der Waals surface area (Å²) in [6, 6.07) is 5.84. The Morgan fingerprint density at radius 1 is 1.26 bits per heavy atom. The Morgan fingerprint density at radius 3 is 2.61 bits per heavy atom. The second-order valence-corrected chi connectivity index (χ2v) is 5.14. The molecular weight excluding hydrogens is 301 g/mol. The van der Waals surface area contributed by atoms with Gasteiger partial charge in [0, 0.05) is 13.0 Å². The van der Waals surface area contributed by atoms with Crippen molar-refractivity contribution in [1.29, 1.82) is 0 Å². The summed E-state index contributed by atoms with van der Waals surface area (Å²) in [5.41, 5.74) is 1.76. The number of aliphatic carboxylic acids is 1. The lowest BCUT2D eigenvalue weighted by Gasteiger charge is -2.06. The molecule has 7 heteroatoms. The van der Waals surface area contributed by atoms with E-state index in [1.54, 1.807) is 23.7 Å². The van der Waals surface area contributed by atoms with Crippen molar-refractivity contribution in [3.8, 4) is 5.69 Å². The molecule has 1 aromatic carbocycles. The molecule has 2 rings (SSSR count). The van der Waals surface area contributed by atoms with E-state index in [1.165, 1.54) is 18.3 Å². The molecule has 23 heavy (non-hydrogen) atoms. The predicted octanol–water partition coefficient (Wildman–Crippen LogP) is 2.30. The third-order valence-corrected chi connectivity index (χ3v) is 3.43. The summed E-state index contributed by atoms with van der Waals surface area (Å²) in [6.45, 7) is 2.17. The fourth-order valence-electron chi connectivity index (χ4n) is 2.17. The Morgan fingerprint density at radius 2 is 1.96 bits per heavy atom. The van der Waals surface area contributed by atoms with Gasteiger partial charge in [-0.25, -0.2) is 9.07 Å². The Hall–Kier alpha value is -2.70. The minimum Gasteiger partial charge on any atom is -0.481 e. The van der Waals surface area contributed by atoms with Gasteiger partial charge in [0.15, 0.2) is 0 Å². The first-order valence-electron chi connectivity index (χ1n) is 7.29. The molecule has 6 nitrogen and oxygen atoms in total. The van der Waals surface area contributed by atoms with Crippen molar-refractivity contribution in [1.82, 2.24) is 15.1 Å². The molecule has 0 saturated carbocycles. The van der Waals surface area contributed by atoms with Gasteiger partial charge >= 0.3 is 5.97 Å². The van der Waals surface area contributed by atoms with Gasteiger partial charge in [-0.3, -0.25) is 9.59 Å². The molecule has 0 atom stereocenters. The number of hydrogen-bond acceptors (Lipinski definition) is 3. The molecule has 0 bridgehead atoms. The van der Waals surface area contributed by atoms with Gasteiger partial charge in [-0.2, -0.15) is 5.10 Å². The van der Waals surface area contributed by atoms with Crippen molar-refractivity contribution >= 4 is 11.9 Å². The molecule has 0 aliphatic heterocycles. The molecule has 122 valence electrons. The SMILES string of the molecule is Cc1c(C(=O)NCCCCC(=O)O)cnn1-c1ccc(F)cc1. The zero-order valence-electron chi connectivity index (χ0n) is 12.8. The maximum Gasteiger partial charge on any atom is 0.303 e.